The Bertz CT molecular complexity index is 172. The summed E-state index contributed by atoms with van der Waals surface area (Å²) in [6.45, 7) is 14.6. The number of nitrogens with zero attached hydrogens (tertiary/aromatic N) is 1. The van der Waals surface area contributed by atoms with E-state index in [9.17, 15) is 0 Å². The molecule has 2 atom stereocenters. The molecule has 3 heteroatoms. The molecule has 18 heavy (non-hydrogen) atoms. The van der Waals surface area contributed by atoms with Crippen molar-refractivity contribution in [1.29, 1.82) is 0 Å². The van der Waals surface area contributed by atoms with E-state index in [4.69, 9.17) is 4.74 Å². The second-order valence-electron chi connectivity index (χ2n) is 5.13. The molecule has 0 aliphatic rings. The monoisotopic (exact) mass is 258 g/mol. The van der Waals surface area contributed by atoms with Gasteiger partial charge in [0.2, 0.25) is 0 Å². The summed E-state index contributed by atoms with van der Waals surface area (Å²) in [5.74, 6) is 0.687. The summed E-state index contributed by atoms with van der Waals surface area (Å²) >= 11 is 0. The minimum absolute atomic E-state index is 0.626. The highest BCUT2D eigenvalue weighted by molar-refractivity contribution is 4.75. The lowest BCUT2D eigenvalue weighted by Crippen LogP contribution is -2.39. The van der Waals surface area contributed by atoms with E-state index in [1.165, 1.54) is 19.4 Å². The highest BCUT2D eigenvalue weighted by Crippen LogP contribution is 2.12. The highest BCUT2D eigenvalue weighted by Gasteiger charge is 2.16. The van der Waals surface area contributed by atoms with Crippen molar-refractivity contribution in [3.63, 3.8) is 0 Å². The van der Waals surface area contributed by atoms with Gasteiger partial charge in [0.05, 0.1) is 0 Å². The van der Waals surface area contributed by atoms with E-state index in [2.05, 4.69) is 37.9 Å². The number of nitrogens with one attached hydrogen (secondary N) is 1. The maximum absolute atomic E-state index is 5.20. The third-order valence-electron chi connectivity index (χ3n) is 3.77. The van der Waals surface area contributed by atoms with Gasteiger partial charge in [0.1, 0.15) is 0 Å². The predicted octanol–water partition coefficient (Wildman–Crippen LogP) is 2.76. The fourth-order valence-electron chi connectivity index (χ4n) is 2.28. The Morgan fingerprint density at radius 2 is 1.78 bits per heavy atom. The fraction of sp³-hybridized carbons (Fsp3) is 1.00. The average molecular weight is 258 g/mol. The van der Waals surface area contributed by atoms with Gasteiger partial charge in [-0.2, -0.15) is 0 Å². The summed E-state index contributed by atoms with van der Waals surface area (Å²) in [6, 6.07) is 0.626. The lowest BCUT2D eigenvalue weighted by atomic mass is 9.95. The van der Waals surface area contributed by atoms with Crippen molar-refractivity contribution in [2.75, 3.05) is 39.9 Å². The van der Waals surface area contributed by atoms with Crippen LogP contribution in [0.1, 0.15) is 47.0 Å². The minimum Gasteiger partial charge on any atom is -0.385 e. The minimum atomic E-state index is 0.626. The zero-order valence-corrected chi connectivity index (χ0v) is 13.2. The zero-order chi connectivity index (χ0) is 13.8. The van der Waals surface area contributed by atoms with Crippen molar-refractivity contribution in [3.05, 3.63) is 0 Å². The van der Waals surface area contributed by atoms with Crippen molar-refractivity contribution in [1.82, 2.24) is 10.2 Å². The molecule has 0 heterocycles. The van der Waals surface area contributed by atoms with Gasteiger partial charge < -0.3 is 15.0 Å². The molecule has 0 amide bonds. The Balaban J connectivity index is 4.11. The van der Waals surface area contributed by atoms with Crippen LogP contribution in [0, 0.1) is 5.92 Å². The maximum Gasteiger partial charge on any atom is 0.0465 e. The van der Waals surface area contributed by atoms with Crippen LogP contribution >= 0.6 is 0 Å². The van der Waals surface area contributed by atoms with E-state index in [0.717, 1.165) is 32.7 Å². The van der Waals surface area contributed by atoms with Crippen LogP contribution in [0.4, 0.5) is 0 Å². The molecular weight excluding hydrogens is 224 g/mol. The van der Waals surface area contributed by atoms with Crippen LogP contribution in [0.2, 0.25) is 0 Å². The molecule has 2 unspecified atom stereocenters. The number of rotatable bonds is 12. The molecule has 0 fully saturated rings. The van der Waals surface area contributed by atoms with Crippen LogP contribution in [0.15, 0.2) is 0 Å². The van der Waals surface area contributed by atoms with Crippen LogP contribution in [0.25, 0.3) is 0 Å². The molecule has 0 spiro atoms. The first kappa shape index (κ1) is 17.9. The fourth-order valence-corrected chi connectivity index (χ4v) is 2.28. The average Bonchev–Trinajstić information content (AvgIpc) is 2.40. The standard InChI is InChI=1S/C15H34N2O/c1-6-11-16-15(14(4)10-13-18-5)9-12-17(7-2)8-3/h14-16H,6-13H2,1-5H3. The lowest BCUT2D eigenvalue weighted by Gasteiger charge is -2.28. The Morgan fingerprint density at radius 3 is 2.28 bits per heavy atom. The predicted molar refractivity (Wildman–Crippen MR) is 80.1 cm³/mol. The van der Waals surface area contributed by atoms with Crippen LogP contribution in [-0.4, -0.2) is 50.8 Å². The molecule has 0 rings (SSSR count). The molecule has 0 aromatic carbocycles. The summed E-state index contributed by atoms with van der Waals surface area (Å²) in [5.41, 5.74) is 0. The normalized spacial score (nSPS) is 15.0. The molecule has 0 aliphatic heterocycles. The summed E-state index contributed by atoms with van der Waals surface area (Å²) in [5, 5.41) is 3.70. The number of ether oxygens (including phenoxy) is 1. The Hall–Kier alpha value is -0.120. The Labute approximate surface area is 114 Å². The molecule has 0 aromatic heterocycles. The van der Waals surface area contributed by atoms with Gasteiger partial charge in [0.15, 0.2) is 0 Å². The quantitative estimate of drug-likeness (QED) is 0.582. The van der Waals surface area contributed by atoms with Crippen molar-refractivity contribution < 1.29 is 4.74 Å². The molecule has 3 nitrogen and oxygen atoms in total. The van der Waals surface area contributed by atoms with Crippen molar-refractivity contribution in [2.24, 2.45) is 5.92 Å². The second kappa shape index (κ2) is 11.9. The van der Waals surface area contributed by atoms with Crippen molar-refractivity contribution in [3.8, 4) is 0 Å². The maximum atomic E-state index is 5.20. The first-order chi connectivity index (χ1) is 8.69. The molecule has 0 radical (unpaired) electrons. The largest absolute Gasteiger partial charge is 0.385 e. The second-order valence-corrected chi connectivity index (χ2v) is 5.13. The third kappa shape index (κ3) is 8.06. The van der Waals surface area contributed by atoms with E-state index in [1.807, 2.05) is 0 Å². The van der Waals surface area contributed by atoms with Crippen LogP contribution in [0.5, 0.6) is 0 Å². The summed E-state index contributed by atoms with van der Waals surface area (Å²) in [6.07, 6.45) is 3.60. The zero-order valence-electron chi connectivity index (χ0n) is 13.2. The molecule has 0 bridgehead atoms. The van der Waals surface area contributed by atoms with Crippen LogP contribution in [-0.2, 0) is 4.74 Å². The molecule has 110 valence electrons. The topological polar surface area (TPSA) is 24.5 Å². The van der Waals surface area contributed by atoms with Gasteiger partial charge in [-0.1, -0.05) is 27.7 Å². The number of methoxy groups -OCH3 is 1. The van der Waals surface area contributed by atoms with E-state index < -0.39 is 0 Å². The van der Waals surface area contributed by atoms with E-state index in [0.29, 0.717) is 12.0 Å². The summed E-state index contributed by atoms with van der Waals surface area (Å²) in [4.78, 5) is 2.50. The number of hydrogen-bond acceptors (Lipinski definition) is 3. The smallest absolute Gasteiger partial charge is 0.0465 e. The summed E-state index contributed by atoms with van der Waals surface area (Å²) in [7, 11) is 1.79. The van der Waals surface area contributed by atoms with Gasteiger partial charge in [-0.25, -0.2) is 0 Å². The van der Waals surface area contributed by atoms with E-state index in [-0.39, 0.29) is 0 Å². The van der Waals surface area contributed by atoms with Gasteiger partial charge in [-0.3, -0.25) is 0 Å². The molecule has 0 saturated carbocycles. The van der Waals surface area contributed by atoms with Crippen LogP contribution in [0.3, 0.4) is 0 Å². The van der Waals surface area contributed by atoms with E-state index in [1.54, 1.807) is 7.11 Å². The third-order valence-corrected chi connectivity index (χ3v) is 3.77. The van der Waals surface area contributed by atoms with E-state index >= 15 is 0 Å². The SMILES string of the molecule is CCCNC(CCN(CC)CC)C(C)CCOC. The lowest BCUT2D eigenvalue weighted by molar-refractivity contribution is 0.164. The Morgan fingerprint density at radius 1 is 1.11 bits per heavy atom. The first-order valence-corrected chi connectivity index (χ1v) is 7.64. The highest BCUT2D eigenvalue weighted by atomic mass is 16.5. The Kier molecular flexibility index (Phi) is 11.9. The van der Waals surface area contributed by atoms with Crippen molar-refractivity contribution >= 4 is 0 Å². The van der Waals surface area contributed by atoms with Gasteiger partial charge in [-0.05, 0) is 51.4 Å². The molecular formula is C15H34N2O. The molecule has 1 N–H and O–H groups in total. The van der Waals surface area contributed by atoms with Gasteiger partial charge in [0.25, 0.3) is 0 Å². The van der Waals surface area contributed by atoms with Crippen LogP contribution < -0.4 is 5.32 Å². The van der Waals surface area contributed by atoms with Gasteiger partial charge >= 0.3 is 0 Å². The molecule has 0 aliphatic carbocycles. The number of hydrogen-bond donors (Lipinski definition) is 1. The molecule has 0 saturated heterocycles. The van der Waals surface area contributed by atoms with Gasteiger partial charge in [0, 0.05) is 19.8 Å². The summed E-state index contributed by atoms with van der Waals surface area (Å²) < 4.78 is 5.20. The van der Waals surface area contributed by atoms with Gasteiger partial charge in [-0.15, -0.1) is 0 Å². The molecule has 0 aromatic rings. The van der Waals surface area contributed by atoms with Crippen molar-refractivity contribution in [2.45, 2.75) is 53.0 Å². The first-order valence-electron chi connectivity index (χ1n) is 7.64.